The van der Waals surface area contributed by atoms with E-state index in [1.165, 1.54) is 11.1 Å². The zero-order valence-electron chi connectivity index (χ0n) is 11.5. The summed E-state index contributed by atoms with van der Waals surface area (Å²) in [5, 5.41) is 0. The summed E-state index contributed by atoms with van der Waals surface area (Å²) in [4.78, 5) is 0. The lowest BCUT2D eigenvalue weighted by Gasteiger charge is -2.14. The molecule has 2 nitrogen and oxygen atoms in total. The van der Waals surface area contributed by atoms with Crippen LogP contribution in [0.25, 0.3) is 0 Å². The van der Waals surface area contributed by atoms with Crippen molar-refractivity contribution in [3.8, 4) is 5.75 Å². The Morgan fingerprint density at radius 2 is 2.00 bits per heavy atom. The molecule has 1 rings (SSSR count). The Balaban J connectivity index is 2.78. The molecule has 1 unspecified atom stereocenters. The van der Waals surface area contributed by atoms with Crippen LogP contribution in [-0.4, -0.2) is 13.2 Å². The van der Waals surface area contributed by atoms with Crippen LogP contribution in [0.2, 0.25) is 0 Å². The van der Waals surface area contributed by atoms with Crippen LogP contribution in [0.1, 0.15) is 50.7 Å². The fraction of sp³-hybridized carbons (Fsp3) is 0.600. The van der Waals surface area contributed by atoms with Gasteiger partial charge in [-0.2, -0.15) is 0 Å². The molecule has 0 saturated carbocycles. The molecule has 0 bridgehead atoms. The first-order valence-corrected chi connectivity index (χ1v) is 6.50. The molecule has 1 atom stereocenters. The van der Waals surface area contributed by atoms with Crippen LogP contribution in [0.4, 0.5) is 0 Å². The lowest BCUT2D eigenvalue weighted by Crippen LogP contribution is -2.19. The third-order valence-corrected chi connectivity index (χ3v) is 3.24. The Hall–Kier alpha value is -1.02. The number of hydrogen-bond donors (Lipinski definition) is 1. The van der Waals surface area contributed by atoms with Gasteiger partial charge in [0.15, 0.2) is 0 Å². The van der Waals surface area contributed by atoms with Crippen LogP contribution < -0.4 is 10.5 Å². The maximum atomic E-state index is 5.95. The van der Waals surface area contributed by atoms with Gasteiger partial charge in [-0.05, 0) is 42.4 Å². The molecule has 0 fully saturated rings. The van der Waals surface area contributed by atoms with Crippen LogP contribution in [0.5, 0.6) is 5.75 Å². The summed E-state index contributed by atoms with van der Waals surface area (Å²) in [6.07, 6.45) is 3.16. The Morgan fingerprint density at radius 1 is 1.29 bits per heavy atom. The molecule has 1 aromatic rings. The van der Waals surface area contributed by atoms with Crippen molar-refractivity contribution in [3.05, 3.63) is 29.3 Å². The fourth-order valence-corrected chi connectivity index (χ4v) is 1.95. The zero-order valence-corrected chi connectivity index (χ0v) is 11.5. The molecule has 0 aromatic heterocycles. The van der Waals surface area contributed by atoms with E-state index in [9.17, 15) is 0 Å². The summed E-state index contributed by atoms with van der Waals surface area (Å²) in [6, 6.07) is 6.79. The van der Waals surface area contributed by atoms with Gasteiger partial charge in [-0.3, -0.25) is 0 Å². The molecular formula is C15H25NO. The van der Waals surface area contributed by atoms with E-state index in [1.807, 2.05) is 0 Å². The smallest absolute Gasteiger partial charge is 0.122 e. The van der Waals surface area contributed by atoms with E-state index >= 15 is 0 Å². The number of rotatable bonds is 6. The van der Waals surface area contributed by atoms with Gasteiger partial charge >= 0.3 is 0 Å². The van der Waals surface area contributed by atoms with Crippen molar-refractivity contribution >= 4 is 0 Å². The lowest BCUT2D eigenvalue weighted by molar-refractivity contribution is 0.407. The summed E-state index contributed by atoms with van der Waals surface area (Å²) >= 11 is 0. The molecule has 2 heteroatoms. The van der Waals surface area contributed by atoms with E-state index in [1.54, 1.807) is 7.11 Å². The number of aryl methyl sites for hydroxylation is 1. The van der Waals surface area contributed by atoms with Crippen molar-refractivity contribution in [1.82, 2.24) is 0 Å². The predicted octanol–water partition coefficient (Wildman–Crippen LogP) is 3.49. The average Bonchev–Trinajstić information content (AvgIpc) is 2.35. The predicted molar refractivity (Wildman–Crippen MR) is 73.7 cm³/mol. The summed E-state index contributed by atoms with van der Waals surface area (Å²) in [7, 11) is 1.73. The third kappa shape index (κ3) is 4.04. The van der Waals surface area contributed by atoms with E-state index in [0.29, 0.717) is 12.0 Å². The topological polar surface area (TPSA) is 35.2 Å². The van der Waals surface area contributed by atoms with Crippen LogP contribution in [-0.2, 0) is 6.42 Å². The Labute approximate surface area is 105 Å². The quantitative estimate of drug-likeness (QED) is 0.819. The van der Waals surface area contributed by atoms with Crippen molar-refractivity contribution < 1.29 is 4.74 Å². The molecule has 17 heavy (non-hydrogen) atoms. The average molecular weight is 235 g/mol. The molecule has 2 N–H and O–H groups in total. The zero-order chi connectivity index (χ0) is 12.8. The second-order valence-electron chi connectivity index (χ2n) is 4.94. The normalized spacial score (nSPS) is 12.8. The Kier molecular flexibility index (Phi) is 5.49. The fourth-order valence-electron chi connectivity index (χ4n) is 1.95. The highest BCUT2D eigenvalue weighted by molar-refractivity contribution is 5.39. The monoisotopic (exact) mass is 235 g/mol. The molecule has 0 amide bonds. The standard InChI is InChI=1S/C15H25NO/c1-5-13(16)8-6-12-7-9-15(17-4)14(10-12)11(2)3/h7,9-11,13H,5-6,8,16H2,1-4H3. The molecule has 0 aliphatic rings. The van der Waals surface area contributed by atoms with Gasteiger partial charge in [0.2, 0.25) is 0 Å². The second-order valence-corrected chi connectivity index (χ2v) is 4.94. The van der Waals surface area contributed by atoms with Gasteiger partial charge in [-0.25, -0.2) is 0 Å². The lowest BCUT2D eigenvalue weighted by atomic mass is 9.96. The minimum atomic E-state index is 0.319. The van der Waals surface area contributed by atoms with Crippen LogP contribution in [0.15, 0.2) is 18.2 Å². The largest absolute Gasteiger partial charge is 0.496 e. The van der Waals surface area contributed by atoms with Gasteiger partial charge in [0, 0.05) is 6.04 Å². The maximum absolute atomic E-state index is 5.95. The maximum Gasteiger partial charge on any atom is 0.122 e. The molecule has 0 aliphatic carbocycles. The molecular weight excluding hydrogens is 210 g/mol. The van der Waals surface area contributed by atoms with Crippen LogP contribution >= 0.6 is 0 Å². The second kappa shape index (κ2) is 6.65. The van der Waals surface area contributed by atoms with E-state index < -0.39 is 0 Å². The molecule has 0 radical (unpaired) electrons. The van der Waals surface area contributed by atoms with Gasteiger partial charge in [0.1, 0.15) is 5.75 Å². The Bertz CT molecular complexity index is 347. The van der Waals surface area contributed by atoms with Gasteiger partial charge in [0.25, 0.3) is 0 Å². The van der Waals surface area contributed by atoms with Gasteiger partial charge in [-0.1, -0.05) is 32.9 Å². The van der Waals surface area contributed by atoms with Crippen molar-refractivity contribution in [2.45, 2.75) is 52.0 Å². The number of methoxy groups -OCH3 is 1. The van der Waals surface area contributed by atoms with Gasteiger partial charge < -0.3 is 10.5 Å². The number of hydrogen-bond acceptors (Lipinski definition) is 2. The van der Waals surface area contributed by atoms with E-state index in [2.05, 4.69) is 39.0 Å². The number of nitrogens with two attached hydrogens (primary N) is 1. The molecule has 0 aliphatic heterocycles. The van der Waals surface area contributed by atoms with E-state index in [-0.39, 0.29) is 0 Å². The molecule has 96 valence electrons. The van der Waals surface area contributed by atoms with Crippen LogP contribution in [0.3, 0.4) is 0 Å². The van der Waals surface area contributed by atoms with Gasteiger partial charge in [0.05, 0.1) is 7.11 Å². The molecule has 0 spiro atoms. The van der Waals surface area contributed by atoms with Gasteiger partial charge in [-0.15, -0.1) is 0 Å². The summed E-state index contributed by atoms with van der Waals surface area (Å²) in [6.45, 7) is 6.52. The van der Waals surface area contributed by atoms with E-state index in [0.717, 1.165) is 25.0 Å². The van der Waals surface area contributed by atoms with Crippen molar-refractivity contribution in [2.24, 2.45) is 5.73 Å². The third-order valence-electron chi connectivity index (χ3n) is 3.24. The Morgan fingerprint density at radius 3 is 2.53 bits per heavy atom. The SMILES string of the molecule is CCC(N)CCc1ccc(OC)c(C(C)C)c1. The van der Waals surface area contributed by atoms with Crippen molar-refractivity contribution in [3.63, 3.8) is 0 Å². The minimum absolute atomic E-state index is 0.319. The molecule has 0 heterocycles. The summed E-state index contributed by atoms with van der Waals surface area (Å²) in [5.74, 6) is 1.48. The highest BCUT2D eigenvalue weighted by Gasteiger charge is 2.09. The van der Waals surface area contributed by atoms with Crippen LogP contribution in [0, 0.1) is 0 Å². The number of ether oxygens (including phenoxy) is 1. The first-order chi connectivity index (χ1) is 8.08. The van der Waals surface area contributed by atoms with Crippen molar-refractivity contribution in [2.75, 3.05) is 7.11 Å². The van der Waals surface area contributed by atoms with E-state index in [4.69, 9.17) is 10.5 Å². The molecule has 0 saturated heterocycles. The highest BCUT2D eigenvalue weighted by atomic mass is 16.5. The highest BCUT2D eigenvalue weighted by Crippen LogP contribution is 2.27. The first-order valence-electron chi connectivity index (χ1n) is 6.50. The summed E-state index contributed by atoms with van der Waals surface area (Å²) in [5.41, 5.74) is 8.60. The molecule has 1 aromatic carbocycles. The summed E-state index contributed by atoms with van der Waals surface area (Å²) < 4.78 is 5.38. The first kappa shape index (κ1) is 14.0. The number of benzene rings is 1. The minimum Gasteiger partial charge on any atom is -0.496 e. The van der Waals surface area contributed by atoms with Crippen molar-refractivity contribution in [1.29, 1.82) is 0 Å².